The number of nitrogens with one attached hydrogen (secondary N) is 2. The van der Waals surface area contributed by atoms with Gasteiger partial charge in [0, 0.05) is 42.6 Å². The number of amidine groups is 1. The summed E-state index contributed by atoms with van der Waals surface area (Å²) in [6, 6.07) is 15.1. The number of ether oxygens (including phenoxy) is 1. The van der Waals surface area contributed by atoms with Crippen molar-refractivity contribution in [2.75, 3.05) is 43.5 Å². The highest BCUT2D eigenvalue weighted by atomic mass is 16.5. The summed E-state index contributed by atoms with van der Waals surface area (Å²) in [6.07, 6.45) is 3.75. The Kier molecular flexibility index (Phi) is 6.29. The molecule has 1 fully saturated rings. The van der Waals surface area contributed by atoms with Crippen LogP contribution in [0.4, 0.5) is 16.2 Å². The predicted molar refractivity (Wildman–Crippen MR) is 134 cm³/mol. The zero-order valence-electron chi connectivity index (χ0n) is 19.1. The third kappa shape index (κ3) is 4.80. The van der Waals surface area contributed by atoms with Gasteiger partial charge in [-0.15, -0.1) is 0 Å². The van der Waals surface area contributed by atoms with E-state index >= 15 is 0 Å². The van der Waals surface area contributed by atoms with Crippen LogP contribution in [-0.2, 0) is 4.74 Å². The normalized spacial score (nSPS) is 22.1. The van der Waals surface area contributed by atoms with Crippen molar-refractivity contribution in [1.82, 2.24) is 9.91 Å². The second kappa shape index (κ2) is 9.66. The molecule has 2 unspecified atom stereocenters. The van der Waals surface area contributed by atoms with Gasteiger partial charge in [0.05, 0.1) is 13.2 Å². The minimum Gasteiger partial charge on any atom is -0.385 e. The molecule has 176 valence electrons. The lowest BCUT2D eigenvalue weighted by Gasteiger charge is -2.32. The molecule has 0 radical (unpaired) electrons. The van der Waals surface area contributed by atoms with E-state index in [1.54, 1.807) is 0 Å². The van der Waals surface area contributed by atoms with Gasteiger partial charge in [0.2, 0.25) is 0 Å². The van der Waals surface area contributed by atoms with Gasteiger partial charge < -0.3 is 21.1 Å². The minimum absolute atomic E-state index is 0.0208. The second-order valence-electron chi connectivity index (χ2n) is 8.72. The highest BCUT2D eigenvalue weighted by molar-refractivity contribution is 5.99. The van der Waals surface area contributed by atoms with Crippen molar-refractivity contribution in [2.24, 2.45) is 15.8 Å². The van der Waals surface area contributed by atoms with E-state index in [0.29, 0.717) is 11.5 Å². The van der Waals surface area contributed by atoms with Crippen molar-refractivity contribution in [3.63, 3.8) is 0 Å². The van der Waals surface area contributed by atoms with Crippen LogP contribution in [0, 0.1) is 6.92 Å². The Morgan fingerprint density at radius 1 is 1.12 bits per heavy atom. The van der Waals surface area contributed by atoms with Crippen LogP contribution in [0.5, 0.6) is 0 Å². The highest BCUT2D eigenvalue weighted by Gasteiger charge is 2.39. The number of carbonyl (C=O) groups excluding carboxylic acids is 1. The van der Waals surface area contributed by atoms with E-state index < -0.39 is 0 Å². The molecule has 2 aromatic rings. The van der Waals surface area contributed by atoms with E-state index in [-0.39, 0.29) is 18.0 Å². The number of aliphatic imine (C=N–C) groups is 1. The lowest BCUT2D eigenvalue weighted by Crippen LogP contribution is -2.45. The van der Waals surface area contributed by atoms with Gasteiger partial charge in [-0.2, -0.15) is 5.10 Å². The average Bonchev–Trinajstić information content (AvgIpc) is 3.20. The second-order valence-corrected chi connectivity index (χ2v) is 8.72. The fourth-order valence-corrected chi connectivity index (χ4v) is 4.58. The predicted octanol–water partition coefficient (Wildman–Crippen LogP) is 2.94. The number of morpholine rings is 1. The lowest BCUT2D eigenvalue weighted by molar-refractivity contribution is 0.0393. The van der Waals surface area contributed by atoms with Crippen LogP contribution in [0.15, 0.2) is 70.4 Å². The number of hydrazone groups is 1. The summed E-state index contributed by atoms with van der Waals surface area (Å²) in [5.41, 5.74) is 11.1. The van der Waals surface area contributed by atoms with Crippen molar-refractivity contribution >= 4 is 29.6 Å². The van der Waals surface area contributed by atoms with Gasteiger partial charge in [0.1, 0.15) is 18.2 Å². The number of hydrogen-bond acceptors (Lipinski definition) is 7. The summed E-state index contributed by atoms with van der Waals surface area (Å²) in [6.45, 7) is 6.08. The first-order valence-electron chi connectivity index (χ1n) is 11.5. The number of hydrogen-bond donors (Lipinski definition) is 3. The molecule has 3 aliphatic heterocycles. The van der Waals surface area contributed by atoms with Crippen LogP contribution in [0.3, 0.4) is 0 Å². The summed E-state index contributed by atoms with van der Waals surface area (Å²) in [5, 5.41) is 12.3. The number of anilines is 2. The van der Waals surface area contributed by atoms with E-state index in [4.69, 9.17) is 10.5 Å². The summed E-state index contributed by atoms with van der Waals surface area (Å²) < 4.78 is 5.48. The number of carbonyl (C=O) groups is 1. The third-order valence-electron chi connectivity index (χ3n) is 6.27. The van der Waals surface area contributed by atoms with Gasteiger partial charge in [0.15, 0.2) is 0 Å². The molecule has 2 aromatic carbocycles. The monoisotopic (exact) mass is 459 g/mol. The Morgan fingerprint density at radius 3 is 2.65 bits per heavy atom. The molecule has 0 bridgehead atoms. The number of aryl methyl sites for hydroxylation is 1. The van der Waals surface area contributed by atoms with Crippen LogP contribution in [-0.4, -0.2) is 67.0 Å². The summed E-state index contributed by atoms with van der Waals surface area (Å²) in [4.78, 5) is 19.0. The molecule has 2 atom stereocenters. The standard InChI is InChI=1S/C25H29N7O2/c1-17-3-2-4-20(13-17)30-25(33)29-19-7-5-18(6-8-19)22-14-21(15-31-9-11-34-12-10-31)32-23(22)24(26)27-16-28-32/h2-8,13-14,16,22-23H,9-12,15H2,1H3,(H2,26,27,28)(H2,29,30,33). The van der Waals surface area contributed by atoms with Crippen molar-refractivity contribution < 1.29 is 9.53 Å². The number of benzene rings is 2. The van der Waals surface area contributed by atoms with Crippen LogP contribution in [0.25, 0.3) is 0 Å². The molecule has 0 saturated carbocycles. The summed E-state index contributed by atoms with van der Waals surface area (Å²) in [7, 11) is 0. The summed E-state index contributed by atoms with van der Waals surface area (Å²) in [5.74, 6) is 0.570. The Hall–Kier alpha value is -3.69. The summed E-state index contributed by atoms with van der Waals surface area (Å²) >= 11 is 0. The molecule has 4 N–H and O–H groups in total. The van der Waals surface area contributed by atoms with E-state index in [1.165, 1.54) is 6.34 Å². The maximum Gasteiger partial charge on any atom is 0.323 e. The Morgan fingerprint density at radius 2 is 1.88 bits per heavy atom. The van der Waals surface area contributed by atoms with Crippen LogP contribution in [0.1, 0.15) is 17.0 Å². The van der Waals surface area contributed by atoms with Crippen molar-refractivity contribution in [1.29, 1.82) is 0 Å². The van der Waals surface area contributed by atoms with Gasteiger partial charge in [-0.3, -0.25) is 9.91 Å². The third-order valence-corrected chi connectivity index (χ3v) is 6.27. The van der Waals surface area contributed by atoms with Crippen LogP contribution in [0.2, 0.25) is 0 Å². The first-order valence-corrected chi connectivity index (χ1v) is 11.5. The fourth-order valence-electron chi connectivity index (χ4n) is 4.58. The largest absolute Gasteiger partial charge is 0.385 e. The van der Waals surface area contributed by atoms with Gasteiger partial charge in [-0.05, 0) is 42.3 Å². The quantitative estimate of drug-likeness (QED) is 0.637. The molecule has 9 nitrogen and oxygen atoms in total. The highest BCUT2D eigenvalue weighted by Crippen LogP contribution is 2.37. The zero-order chi connectivity index (χ0) is 23.5. The van der Waals surface area contributed by atoms with E-state index in [2.05, 4.69) is 31.7 Å². The average molecular weight is 460 g/mol. The Balaban J connectivity index is 1.29. The molecule has 9 heteroatoms. The Bertz CT molecular complexity index is 1140. The topological polar surface area (TPSA) is 108 Å². The maximum atomic E-state index is 12.4. The number of amides is 2. The molecular weight excluding hydrogens is 430 g/mol. The van der Waals surface area contributed by atoms with Gasteiger partial charge in [-0.1, -0.05) is 30.3 Å². The smallest absolute Gasteiger partial charge is 0.323 e. The molecule has 34 heavy (non-hydrogen) atoms. The molecule has 0 aliphatic carbocycles. The minimum atomic E-state index is -0.281. The van der Waals surface area contributed by atoms with E-state index in [9.17, 15) is 4.79 Å². The number of nitrogens with zero attached hydrogens (tertiary/aromatic N) is 4. The van der Waals surface area contributed by atoms with Crippen LogP contribution >= 0.6 is 0 Å². The van der Waals surface area contributed by atoms with E-state index in [1.807, 2.05) is 60.5 Å². The zero-order valence-corrected chi connectivity index (χ0v) is 19.1. The number of fused-ring (bicyclic) bond motifs is 1. The molecule has 3 aliphatic rings. The van der Waals surface area contributed by atoms with Crippen molar-refractivity contribution in [2.45, 2.75) is 18.9 Å². The fraction of sp³-hybridized carbons (Fsp3) is 0.320. The first kappa shape index (κ1) is 22.1. The molecule has 5 rings (SSSR count). The number of rotatable bonds is 5. The molecular formula is C25H29N7O2. The lowest BCUT2D eigenvalue weighted by atomic mass is 9.92. The number of urea groups is 1. The van der Waals surface area contributed by atoms with Crippen molar-refractivity contribution in [3.05, 3.63) is 71.4 Å². The number of nitrogens with two attached hydrogens (primary N) is 1. The van der Waals surface area contributed by atoms with E-state index in [0.717, 1.165) is 55.4 Å². The molecule has 0 aromatic heterocycles. The van der Waals surface area contributed by atoms with Crippen molar-refractivity contribution in [3.8, 4) is 0 Å². The molecule has 2 amide bonds. The maximum absolute atomic E-state index is 12.4. The Labute approximate surface area is 199 Å². The first-order chi connectivity index (χ1) is 16.6. The molecule has 1 saturated heterocycles. The van der Waals surface area contributed by atoms with Gasteiger partial charge in [0.25, 0.3) is 0 Å². The van der Waals surface area contributed by atoms with Gasteiger partial charge in [-0.25, -0.2) is 9.79 Å². The SMILES string of the molecule is Cc1cccc(NC(=O)Nc2ccc(C3C=C(CN4CCOCC4)N4N=CN=C(N)C34)cc2)c1. The van der Waals surface area contributed by atoms with Gasteiger partial charge >= 0.3 is 6.03 Å². The molecule has 3 heterocycles. The molecule has 0 spiro atoms. The van der Waals surface area contributed by atoms with Crippen LogP contribution < -0.4 is 16.4 Å².